The van der Waals surface area contributed by atoms with E-state index in [2.05, 4.69) is 25.9 Å². The standard InChI is InChI=1S/C21H16N8O5/c22-8-10-4-5-13(7-14(10)19(31)32)33-18-16-17(25-9-15(30)27-16)28-21(29-18)34-12-3-1-2-11(6-12)26-20(23)24/h1-7H,9H2,(H,27,30)(H,31,32)(H4,23,24,26)(H,25,28,29). The fraction of sp³-hybridized carbons (Fsp3) is 0.0476. The zero-order valence-electron chi connectivity index (χ0n) is 17.2. The quantitative estimate of drug-likeness (QED) is 0.273. The predicted molar refractivity (Wildman–Crippen MR) is 119 cm³/mol. The van der Waals surface area contributed by atoms with Gasteiger partial charge in [0.25, 0.3) is 5.88 Å². The van der Waals surface area contributed by atoms with Crippen molar-refractivity contribution in [2.75, 3.05) is 11.9 Å². The average molecular weight is 460 g/mol. The number of hydrogen-bond donors (Lipinski definition) is 6. The van der Waals surface area contributed by atoms with Gasteiger partial charge in [-0.3, -0.25) is 20.5 Å². The highest BCUT2D eigenvalue weighted by Gasteiger charge is 2.29. The number of aliphatic imine (C=N–C) groups is 2. The Bertz CT molecular complexity index is 1360. The molecule has 0 saturated heterocycles. The van der Waals surface area contributed by atoms with Crippen LogP contribution in [-0.2, 0) is 4.79 Å². The Labute approximate surface area is 191 Å². The van der Waals surface area contributed by atoms with Crippen molar-refractivity contribution in [2.24, 2.45) is 15.7 Å². The minimum atomic E-state index is -1.30. The van der Waals surface area contributed by atoms with Gasteiger partial charge in [-0.1, -0.05) is 6.07 Å². The SMILES string of the molecule is N#Cc1ccc(OC2=C3NC(=O)CN=C3NC(Oc3cccc(NC(=N)N)c3)=N2)cc1C(=O)O. The summed E-state index contributed by atoms with van der Waals surface area (Å²) in [5.41, 5.74) is 5.70. The van der Waals surface area contributed by atoms with Crippen molar-refractivity contribution in [3.05, 3.63) is 65.2 Å². The number of anilines is 1. The molecule has 13 nitrogen and oxygen atoms in total. The summed E-state index contributed by atoms with van der Waals surface area (Å²) in [4.78, 5) is 31.7. The number of nitrogens with two attached hydrogens (primary N) is 1. The van der Waals surface area contributed by atoms with Crippen molar-refractivity contribution < 1.29 is 24.2 Å². The third-order valence-electron chi connectivity index (χ3n) is 4.41. The van der Waals surface area contributed by atoms with Crippen LogP contribution in [0.2, 0.25) is 0 Å². The maximum absolute atomic E-state index is 11.9. The number of carboxylic acid groups (broad SMARTS) is 1. The summed E-state index contributed by atoms with van der Waals surface area (Å²) in [5.74, 6) is -1.42. The largest absolute Gasteiger partial charge is 0.478 e. The van der Waals surface area contributed by atoms with E-state index >= 15 is 0 Å². The van der Waals surface area contributed by atoms with Gasteiger partial charge in [-0.15, -0.1) is 0 Å². The van der Waals surface area contributed by atoms with Gasteiger partial charge in [-0.2, -0.15) is 10.3 Å². The molecule has 13 heteroatoms. The zero-order valence-corrected chi connectivity index (χ0v) is 17.2. The second-order valence-corrected chi connectivity index (χ2v) is 6.83. The number of amidine groups is 2. The van der Waals surface area contributed by atoms with Crippen molar-refractivity contribution in [1.82, 2.24) is 10.6 Å². The van der Waals surface area contributed by atoms with E-state index in [0.717, 1.165) is 0 Å². The first-order valence-corrected chi connectivity index (χ1v) is 9.61. The lowest BCUT2D eigenvalue weighted by Gasteiger charge is -2.24. The van der Waals surface area contributed by atoms with Crippen LogP contribution in [0.5, 0.6) is 11.5 Å². The fourth-order valence-corrected chi connectivity index (χ4v) is 3.00. The number of carbonyl (C=O) groups is 2. The molecule has 2 aliphatic heterocycles. The maximum atomic E-state index is 11.9. The number of carboxylic acids is 1. The predicted octanol–water partition coefficient (Wildman–Crippen LogP) is 0.676. The first-order chi connectivity index (χ1) is 16.3. The molecule has 4 rings (SSSR count). The highest BCUT2D eigenvalue weighted by molar-refractivity contribution is 6.13. The van der Waals surface area contributed by atoms with Crippen molar-refractivity contribution >= 4 is 35.4 Å². The lowest BCUT2D eigenvalue weighted by Crippen LogP contribution is -2.48. The van der Waals surface area contributed by atoms with Crippen LogP contribution in [0.25, 0.3) is 0 Å². The van der Waals surface area contributed by atoms with Gasteiger partial charge in [0.1, 0.15) is 29.8 Å². The number of fused-ring (bicyclic) bond motifs is 1. The Morgan fingerprint density at radius 1 is 1.21 bits per heavy atom. The minimum Gasteiger partial charge on any atom is -0.478 e. The summed E-state index contributed by atoms with van der Waals surface area (Å²) in [7, 11) is 0. The molecule has 2 aromatic rings. The Morgan fingerprint density at radius 3 is 2.74 bits per heavy atom. The van der Waals surface area contributed by atoms with E-state index in [1.165, 1.54) is 18.2 Å². The fourth-order valence-electron chi connectivity index (χ4n) is 3.00. The number of ether oxygens (including phenoxy) is 2. The van der Waals surface area contributed by atoms with Crippen molar-refractivity contribution in [3.63, 3.8) is 0 Å². The molecule has 2 aliphatic rings. The summed E-state index contributed by atoms with van der Waals surface area (Å²) >= 11 is 0. The smallest absolute Gasteiger partial charge is 0.337 e. The van der Waals surface area contributed by atoms with E-state index < -0.39 is 11.9 Å². The van der Waals surface area contributed by atoms with Crippen LogP contribution in [0.4, 0.5) is 5.69 Å². The van der Waals surface area contributed by atoms with Crippen LogP contribution >= 0.6 is 0 Å². The van der Waals surface area contributed by atoms with Gasteiger partial charge >= 0.3 is 12.0 Å². The van der Waals surface area contributed by atoms with Crippen LogP contribution in [-0.4, -0.2) is 41.3 Å². The second-order valence-electron chi connectivity index (χ2n) is 6.83. The van der Waals surface area contributed by atoms with E-state index in [4.69, 9.17) is 25.9 Å². The Balaban J connectivity index is 1.67. The Morgan fingerprint density at radius 2 is 2.00 bits per heavy atom. The van der Waals surface area contributed by atoms with E-state index in [0.29, 0.717) is 11.4 Å². The lowest BCUT2D eigenvalue weighted by molar-refractivity contribution is -0.119. The van der Waals surface area contributed by atoms with E-state index in [9.17, 15) is 14.7 Å². The highest BCUT2D eigenvalue weighted by Crippen LogP contribution is 2.24. The molecule has 0 radical (unpaired) electrons. The molecule has 0 bridgehead atoms. The van der Waals surface area contributed by atoms with Crippen molar-refractivity contribution in [3.8, 4) is 17.6 Å². The number of nitrogens with one attached hydrogen (secondary N) is 4. The summed E-state index contributed by atoms with van der Waals surface area (Å²) in [6, 6.07) is 12.2. The van der Waals surface area contributed by atoms with E-state index in [-0.39, 0.29) is 52.8 Å². The summed E-state index contributed by atoms with van der Waals surface area (Å²) in [5, 5.41) is 33.9. The number of nitrogens with zero attached hydrogens (tertiary/aromatic N) is 3. The molecule has 0 spiro atoms. The number of nitriles is 1. The van der Waals surface area contributed by atoms with Crippen LogP contribution in [0.15, 0.2) is 64.0 Å². The molecule has 7 N–H and O–H groups in total. The van der Waals surface area contributed by atoms with Gasteiger partial charge < -0.3 is 30.9 Å². The van der Waals surface area contributed by atoms with Gasteiger partial charge in [0.05, 0.1) is 11.1 Å². The minimum absolute atomic E-state index is 0.0392. The summed E-state index contributed by atoms with van der Waals surface area (Å²) in [6.45, 7) is -0.134. The van der Waals surface area contributed by atoms with Crippen LogP contribution < -0.4 is 31.2 Å². The second kappa shape index (κ2) is 9.01. The third kappa shape index (κ3) is 4.75. The summed E-state index contributed by atoms with van der Waals surface area (Å²) in [6.07, 6.45) is 0. The Hall–Kier alpha value is -5.38. The lowest BCUT2D eigenvalue weighted by atomic mass is 10.1. The number of hydrogen-bond acceptors (Lipinski definition) is 9. The first-order valence-electron chi connectivity index (χ1n) is 9.61. The molecule has 0 atom stereocenters. The molecule has 170 valence electrons. The van der Waals surface area contributed by atoms with Gasteiger partial charge in [-0.25, -0.2) is 4.79 Å². The number of carbonyl (C=O) groups excluding carboxylic acids is 1. The highest BCUT2D eigenvalue weighted by atomic mass is 16.5. The van der Waals surface area contributed by atoms with Gasteiger partial charge in [0, 0.05) is 11.8 Å². The van der Waals surface area contributed by atoms with Crippen LogP contribution in [0, 0.1) is 16.7 Å². The zero-order chi connectivity index (χ0) is 24.2. The van der Waals surface area contributed by atoms with Crippen LogP contribution in [0.1, 0.15) is 15.9 Å². The number of amides is 1. The molecule has 0 fully saturated rings. The molecule has 0 aromatic heterocycles. The van der Waals surface area contributed by atoms with Gasteiger partial charge in [0.15, 0.2) is 11.8 Å². The van der Waals surface area contributed by atoms with E-state index in [1.54, 1.807) is 30.3 Å². The number of guanidine groups is 1. The topological polar surface area (TPSA) is 207 Å². The summed E-state index contributed by atoms with van der Waals surface area (Å²) < 4.78 is 11.5. The maximum Gasteiger partial charge on any atom is 0.337 e. The average Bonchev–Trinajstić information content (AvgIpc) is 2.79. The Kier molecular flexibility index (Phi) is 5.78. The molecule has 2 aromatic carbocycles. The monoisotopic (exact) mass is 460 g/mol. The third-order valence-corrected chi connectivity index (χ3v) is 4.41. The molecule has 2 heterocycles. The first kappa shape index (κ1) is 21.8. The van der Waals surface area contributed by atoms with Crippen molar-refractivity contribution in [1.29, 1.82) is 10.7 Å². The van der Waals surface area contributed by atoms with Gasteiger partial charge in [0.2, 0.25) is 5.91 Å². The molecule has 1 amide bonds. The number of aromatic carboxylic acids is 1. The molecular weight excluding hydrogens is 444 g/mol. The normalized spacial score (nSPS) is 14.4. The van der Waals surface area contributed by atoms with E-state index in [1.807, 2.05) is 0 Å². The number of benzene rings is 2. The molecule has 0 aliphatic carbocycles. The van der Waals surface area contributed by atoms with Crippen LogP contribution in [0.3, 0.4) is 0 Å². The van der Waals surface area contributed by atoms with Gasteiger partial charge in [-0.05, 0) is 30.3 Å². The molecule has 34 heavy (non-hydrogen) atoms. The number of rotatable bonds is 5. The molecule has 0 unspecified atom stereocenters. The molecule has 0 saturated carbocycles. The molecular formula is C21H16N8O5. The van der Waals surface area contributed by atoms with Crippen molar-refractivity contribution in [2.45, 2.75) is 0 Å².